The molecule has 1 aromatic rings. The first-order valence-corrected chi connectivity index (χ1v) is 5.78. The summed E-state index contributed by atoms with van der Waals surface area (Å²) in [7, 11) is 0. The Bertz CT molecular complexity index is 355. The average molecular weight is 200 g/mol. The van der Waals surface area contributed by atoms with E-state index in [-0.39, 0.29) is 0 Å². The number of benzene rings is 1. The van der Waals surface area contributed by atoms with E-state index in [1.807, 2.05) is 30.3 Å². The van der Waals surface area contributed by atoms with Crippen molar-refractivity contribution < 1.29 is 4.74 Å². The van der Waals surface area contributed by atoms with E-state index in [1.54, 1.807) is 0 Å². The number of para-hydroxylation sites is 1. The Kier molecular flexibility index (Phi) is 2.24. The van der Waals surface area contributed by atoms with Gasteiger partial charge in [0.1, 0.15) is 5.75 Å². The van der Waals surface area contributed by atoms with Crippen molar-refractivity contribution in [1.82, 2.24) is 0 Å². The summed E-state index contributed by atoms with van der Waals surface area (Å²) >= 11 is 0. The third kappa shape index (κ3) is 1.79. The van der Waals surface area contributed by atoms with Gasteiger partial charge in [-0.2, -0.15) is 0 Å². The number of ether oxygens (including phenoxy) is 1. The Morgan fingerprint density at radius 3 is 2.60 bits per heavy atom. The number of fused-ring (bicyclic) bond motifs is 2. The van der Waals surface area contributed by atoms with Crippen molar-refractivity contribution in [3.05, 3.63) is 42.5 Å². The fraction of sp³-hybridized carbons (Fsp3) is 0.429. The van der Waals surface area contributed by atoms with Crippen LogP contribution in [-0.2, 0) is 0 Å². The molecule has 0 heterocycles. The second kappa shape index (κ2) is 3.73. The summed E-state index contributed by atoms with van der Waals surface area (Å²) in [6, 6.07) is 10.1. The van der Waals surface area contributed by atoms with E-state index >= 15 is 0 Å². The zero-order valence-electron chi connectivity index (χ0n) is 8.80. The highest BCUT2D eigenvalue weighted by Crippen LogP contribution is 2.43. The van der Waals surface area contributed by atoms with Gasteiger partial charge in [-0.15, -0.1) is 0 Å². The third-order valence-corrected chi connectivity index (χ3v) is 3.62. The molecule has 0 N–H and O–H groups in total. The van der Waals surface area contributed by atoms with Gasteiger partial charge >= 0.3 is 0 Å². The largest absolute Gasteiger partial charge is 0.493 e. The van der Waals surface area contributed by atoms with Crippen molar-refractivity contribution >= 4 is 0 Å². The van der Waals surface area contributed by atoms with Crippen LogP contribution in [0.2, 0.25) is 0 Å². The highest BCUT2D eigenvalue weighted by atomic mass is 16.5. The second-order valence-electron chi connectivity index (χ2n) is 4.66. The van der Waals surface area contributed by atoms with Crippen LogP contribution in [0.4, 0.5) is 0 Å². The summed E-state index contributed by atoms with van der Waals surface area (Å²) in [5.41, 5.74) is 0. The van der Waals surface area contributed by atoms with Crippen molar-refractivity contribution in [3.63, 3.8) is 0 Å². The lowest BCUT2D eigenvalue weighted by atomic mass is 9.95. The SMILES string of the molecule is C1=CC2CC1CC2COc1ccccc1. The van der Waals surface area contributed by atoms with Crippen LogP contribution < -0.4 is 4.74 Å². The van der Waals surface area contributed by atoms with E-state index in [9.17, 15) is 0 Å². The molecule has 1 saturated carbocycles. The molecule has 15 heavy (non-hydrogen) atoms. The van der Waals surface area contributed by atoms with Crippen LogP contribution >= 0.6 is 0 Å². The van der Waals surface area contributed by atoms with Crippen molar-refractivity contribution in [1.29, 1.82) is 0 Å². The minimum atomic E-state index is 0.750. The van der Waals surface area contributed by atoms with Gasteiger partial charge in [-0.05, 0) is 42.7 Å². The summed E-state index contributed by atoms with van der Waals surface area (Å²) in [4.78, 5) is 0. The van der Waals surface area contributed by atoms with Crippen LogP contribution in [0.15, 0.2) is 42.5 Å². The molecule has 2 aliphatic carbocycles. The molecular formula is C14H16O. The predicted octanol–water partition coefficient (Wildman–Crippen LogP) is 3.28. The topological polar surface area (TPSA) is 9.23 Å². The van der Waals surface area contributed by atoms with Crippen LogP contribution in [0.1, 0.15) is 12.8 Å². The van der Waals surface area contributed by atoms with Crippen LogP contribution in [0.25, 0.3) is 0 Å². The Labute approximate surface area is 90.8 Å². The standard InChI is InChI=1S/C14H16O/c1-2-4-14(5-3-1)15-10-13-9-11-6-7-12(13)8-11/h1-7,11-13H,8-10H2. The molecule has 0 aliphatic heterocycles. The van der Waals surface area contributed by atoms with Gasteiger partial charge in [0, 0.05) is 0 Å². The van der Waals surface area contributed by atoms with E-state index in [0.717, 1.165) is 30.1 Å². The fourth-order valence-corrected chi connectivity index (χ4v) is 2.81. The lowest BCUT2D eigenvalue weighted by Crippen LogP contribution is -2.16. The molecule has 78 valence electrons. The quantitative estimate of drug-likeness (QED) is 0.680. The summed E-state index contributed by atoms with van der Waals surface area (Å²) < 4.78 is 5.81. The molecule has 0 aromatic heterocycles. The van der Waals surface area contributed by atoms with Gasteiger partial charge in [-0.25, -0.2) is 0 Å². The van der Waals surface area contributed by atoms with Gasteiger partial charge in [0.15, 0.2) is 0 Å². The molecule has 2 bridgehead atoms. The zero-order valence-corrected chi connectivity index (χ0v) is 8.80. The Hall–Kier alpha value is -1.24. The normalized spacial score (nSPS) is 32.1. The van der Waals surface area contributed by atoms with Crippen molar-refractivity contribution in [3.8, 4) is 5.75 Å². The van der Waals surface area contributed by atoms with Crippen LogP contribution in [0.5, 0.6) is 5.75 Å². The van der Waals surface area contributed by atoms with Crippen molar-refractivity contribution in [2.45, 2.75) is 12.8 Å². The maximum Gasteiger partial charge on any atom is 0.119 e. The molecule has 0 amide bonds. The van der Waals surface area contributed by atoms with E-state index in [4.69, 9.17) is 4.74 Å². The Morgan fingerprint density at radius 2 is 1.93 bits per heavy atom. The van der Waals surface area contributed by atoms with Gasteiger partial charge in [0.25, 0.3) is 0 Å². The molecule has 0 spiro atoms. The van der Waals surface area contributed by atoms with E-state index in [1.165, 1.54) is 12.8 Å². The molecule has 3 atom stereocenters. The van der Waals surface area contributed by atoms with E-state index in [2.05, 4.69) is 12.2 Å². The Morgan fingerprint density at radius 1 is 1.07 bits per heavy atom. The number of hydrogen-bond donors (Lipinski definition) is 0. The van der Waals surface area contributed by atoms with Gasteiger partial charge in [0.05, 0.1) is 6.61 Å². The number of rotatable bonds is 3. The van der Waals surface area contributed by atoms with Gasteiger partial charge in [-0.1, -0.05) is 30.4 Å². The minimum Gasteiger partial charge on any atom is -0.493 e. The first-order valence-electron chi connectivity index (χ1n) is 5.78. The first-order chi connectivity index (χ1) is 7.42. The summed E-state index contributed by atoms with van der Waals surface area (Å²) in [5, 5.41) is 0. The third-order valence-electron chi connectivity index (χ3n) is 3.62. The van der Waals surface area contributed by atoms with Gasteiger partial charge < -0.3 is 4.74 Å². The maximum atomic E-state index is 5.81. The highest BCUT2D eigenvalue weighted by Gasteiger charge is 2.35. The van der Waals surface area contributed by atoms with Gasteiger partial charge in [-0.3, -0.25) is 0 Å². The molecule has 2 aliphatic rings. The number of allylic oxidation sites excluding steroid dienone is 2. The van der Waals surface area contributed by atoms with E-state index in [0.29, 0.717) is 0 Å². The predicted molar refractivity (Wildman–Crippen MR) is 60.8 cm³/mol. The molecule has 1 aromatic carbocycles. The fourth-order valence-electron chi connectivity index (χ4n) is 2.81. The summed E-state index contributed by atoms with van der Waals surface area (Å²) in [6.07, 6.45) is 7.45. The smallest absolute Gasteiger partial charge is 0.119 e. The number of hydrogen-bond acceptors (Lipinski definition) is 1. The molecule has 3 rings (SSSR count). The molecular weight excluding hydrogens is 184 g/mol. The monoisotopic (exact) mass is 200 g/mol. The lowest BCUT2D eigenvalue weighted by molar-refractivity contribution is 0.228. The minimum absolute atomic E-state index is 0.750. The maximum absolute atomic E-state index is 5.81. The lowest BCUT2D eigenvalue weighted by Gasteiger charge is -2.18. The van der Waals surface area contributed by atoms with Crippen LogP contribution in [0, 0.1) is 17.8 Å². The molecule has 1 fully saturated rings. The Balaban J connectivity index is 1.57. The summed E-state index contributed by atoms with van der Waals surface area (Å²) in [5.74, 6) is 3.39. The highest BCUT2D eigenvalue weighted by molar-refractivity contribution is 5.21. The molecule has 1 nitrogen and oxygen atoms in total. The molecule has 0 saturated heterocycles. The van der Waals surface area contributed by atoms with Crippen LogP contribution in [0.3, 0.4) is 0 Å². The average Bonchev–Trinajstić information content (AvgIpc) is 2.89. The van der Waals surface area contributed by atoms with Crippen molar-refractivity contribution in [2.75, 3.05) is 6.61 Å². The van der Waals surface area contributed by atoms with Crippen molar-refractivity contribution in [2.24, 2.45) is 17.8 Å². The van der Waals surface area contributed by atoms with Crippen LogP contribution in [-0.4, -0.2) is 6.61 Å². The second-order valence-corrected chi connectivity index (χ2v) is 4.66. The first kappa shape index (κ1) is 9.02. The molecule has 3 unspecified atom stereocenters. The molecule has 1 heteroatoms. The summed E-state index contributed by atoms with van der Waals surface area (Å²) in [6.45, 7) is 0.884. The van der Waals surface area contributed by atoms with Gasteiger partial charge in [0.2, 0.25) is 0 Å². The zero-order chi connectivity index (χ0) is 10.1. The molecule has 0 radical (unpaired) electrons. The van der Waals surface area contributed by atoms with E-state index < -0.39 is 0 Å².